The number of ketones is 1. The Bertz CT molecular complexity index is 1100. The van der Waals surface area contributed by atoms with Gasteiger partial charge in [0.25, 0.3) is 0 Å². The van der Waals surface area contributed by atoms with Crippen LogP contribution in [0.15, 0.2) is 24.4 Å². The summed E-state index contributed by atoms with van der Waals surface area (Å²) in [6, 6.07) is 6.00. The van der Waals surface area contributed by atoms with Crippen LogP contribution in [-0.2, 0) is 11.2 Å². The maximum absolute atomic E-state index is 14.9. The summed E-state index contributed by atoms with van der Waals surface area (Å²) in [6.45, 7) is 4.86. The van der Waals surface area contributed by atoms with Crippen molar-refractivity contribution >= 4 is 16.7 Å². The Morgan fingerprint density at radius 1 is 1.30 bits per heavy atom. The Hall–Kier alpha value is -2.87. The predicted octanol–water partition coefficient (Wildman–Crippen LogP) is 3.02. The molecule has 8 heteroatoms. The van der Waals surface area contributed by atoms with Gasteiger partial charge in [0.1, 0.15) is 12.0 Å². The number of rotatable bonds is 5. The molecule has 0 spiro atoms. The number of alkyl halides is 1. The van der Waals surface area contributed by atoms with E-state index in [1.807, 2.05) is 31.0 Å². The number of carbonyl (C=O) groups is 1. The van der Waals surface area contributed by atoms with Crippen LogP contribution in [0.2, 0.25) is 0 Å². The lowest BCUT2D eigenvalue weighted by molar-refractivity contribution is -0.116. The summed E-state index contributed by atoms with van der Waals surface area (Å²) in [5, 5.41) is 5.45. The zero-order valence-corrected chi connectivity index (χ0v) is 17.7. The Kier molecular flexibility index (Phi) is 5.51. The van der Waals surface area contributed by atoms with Crippen LogP contribution in [0.3, 0.4) is 0 Å². The highest BCUT2D eigenvalue weighted by atomic mass is 19.1. The molecule has 2 unspecified atom stereocenters. The van der Waals surface area contributed by atoms with E-state index in [1.54, 1.807) is 16.9 Å². The number of ether oxygens (including phenoxy) is 1. The Morgan fingerprint density at radius 2 is 2.10 bits per heavy atom. The Labute approximate surface area is 174 Å². The molecule has 30 heavy (non-hydrogen) atoms. The summed E-state index contributed by atoms with van der Waals surface area (Å²) >= 11 is 0. The van der Waals surface area contributed by atoms with E-state index in [9.17, 15) is 9.18 Å². The smallest absolute Gasteiger partial charge is 0.318 e. The number of methoxy groups -OCH3 is 1. The molecular weight excluding hydrogens is 385 g/mol. The molecular formula is C22H26FN5O2. The number of carbonyl (C=O) groups excluding carboxylic acids is 1. The standard InChI is InChI=1S/C22H26FN5O2/c1-13-7-15-11-24-28(21-9-16(8-14(2)29)25-22(26-21)30-4)20(15)10-18(13)17-5-6-27(3)12-19(17)23/h7,9-11,17,19H,5-6,8,12H2,1-4H3. The second-order valence-corrected chi connectivity index (χ2v) is 8.08. The van der Waals surface area contributed by atoms with Crippen LogP contribution in [0.4, 0.5) is 4.39 Å². The molecule has 1 saturated heterocycles. The van der Waals surface area contributed by atoms with Crippen LogP contribution < -0.4 is 4.74 Å². The van der Waals surface area contributed by atoms with Gasteiger partial charge in [0.05, 0.1) is 24.5 Å². The van der Waals surface area contributed by atoms with Crippen LogP contribution in [0.25, 0.3) is 16.7 Å². The minimum atomic E-state index is -0.905. The molecule has 4 rings (SSSR count). The fraction of sp³-hybridized carbons (Fsp3) is 0.455. The third kappa shape index (κ3) is 3.92. The van der Waals surface area contributed by atoms with Gasteiger partial charge in [-0.3, -0.25) is 4.79 Å². The number of Topliss-reactive ketones (excluding diaryl/α,β-unsaturated/α-hetero) is 1. The summed E-state index contributed by atoms with van der Waals surface area (Å²) in [7, 11) is 3.44. The number of hydrogen-bond donors (Lipinski definition) is 0. The van der Waals surface area contributed by atoms with Crippen molar-refractivity contribution in [2.24, 2.45) is 0 Å². The lowest BCUT2D eigenvalue weighted by atomic mass is 9.85. The molecule has 1 aromatic carbocycles. The molecule has 0 saturated carbocycles. The van der Waals surface area contributed by atoms with Gasteiger partial charge < -0.3 is 9.64 Å². The minimum Gasteiger partial charge on any atom is -0.467 e. The average Bonchev–Trinajstić information content (AvgIpc) is 3.09. The van der Waals surface area contributed by atoms with E-state index in [-0.39, 0.29) is 24.1 Å². The Balaban J connectivity index is 1.80. The number of fused-ring (bicyclic) bond motifs is 1. The molecule has 0 amide bonds. The number of piperidine rings is 1. The Morgan fingerprint density at radius 3 is 2.80 bits per heavy atom. The third-order valence-electron chi connectivity index (χ3n) is 5.67. The summed E-state index contributed by atoms with van der Waals surface area (Å²) in [5.74, 6) is 0.381. The van der Waals surface area contributed by atoms with Gasteiger partial charge in [0.2, 0.25) is 0 Å². The number of likely N-dealkylation sites (tertiary alicyclic amines) is 1. The monoisotopic (exact) mass is 411 g/mol. The SMILES string of the molecule is COc1nc(CC(C)=O)cc(-n2ncc3cc(C)c(C4CCN(C)CC4F)cc32)n1. The summed E-state index contributed by atoms with van der Waals surface area (Å²) < 4.78 is 21.8. The molecule has 3 heterocycles. The highest BCUT2D eigenvalue weighted by Crippen LogP contribution is 2.34. The molecule has 1 aliphatic heterocycles. The fourth-order valence-electron chi connectivity index (χ4n) is 4.20. The van der Waals surface area contributed by atoms with E-state index < -0.39 is 6.17 Å². The number of aromatic nitrogens is 4. The van der Waals surface area contributed by atoms with E-state index in [1.165, 1.54) is 14.0 Å². The van der Waals surface area contributed by atoms with Crippen LogP contribution >= 0.6 is 0 Å². The normalized spacial score (nSPS) is 19.9. The maximum Gasteiger partial charge on any atom is 0.318 e. The van der Waals surface area contributed by atoms with Gasteiger partial charge in [-0.2, -0.15) is 15.1 Å². The van der Waals surface area contributed by atoms with Crippen molar-refractivity contribution in [1.82, 2.24) is 24.6 Å². The van der Waals surface area contributed by atoms with E-state index in [0.29, 0.717) is 18.1 Å². The first kappa shape index (κ1) is 20.4. The van der Waals surface area contributed by atoms with Crippen molar-refractivity contribution in [3.63, 3.8) is 0 Å². The highest BCUT2D eigenvalue weighted by Gasteiger charge is 2.30. The molecule has 3 aromatic rings. The molecule has 1 fully saturated rings. The highest BCUT2D eigenvalue weighted by molar-refractivity contribution is 5.82. The maximum atomic E-state index is 14.9. The first-order valence-corrected chi connectivity index (χ1v) is 10.1. The van der Waals surface area contributed by atoms with Crippen molar-refractivity contribution in [3.05, 3.63) is 41.2 Å². The zero-order chi connectivity index (χ0) is 21.4. The van der Waals surface area contributed by atoms with E-state index in [4.69, 9.17) is 4.74 Å². The number of hydrogen-bond acceptors (Lipinski definition) is 6. The van der Waals surface area contributed by atoms with Gasteiger partial charge >= 0.3 is 6.01 Å². The minimum absolute atomic E-state index is 0.00110. The quantitative estimate of drug-likeness (QED) is 0.643. The number of benzene rings is 1. The molecule has 0 aliphatic carbocycles. The first-order chi connectivity index (χ1) is 14.4. The third-order valence-corrected chi connectivity index (χ3v) is 5.67. The van der Waals surface area contributed by atoms with Gasteiger partial charge in [-0.15, -0.1) is 0 Å². The van der Waals surface area contributed by atoms with Gasteiger partial charge in [-0.1, -0.05) is 0 Å². The molecule has 1 aliphatic rings. The van der Waals surface area contributed by atoms with Crippen LogP contribution in [0.1, 0.15) is 36.1 Å². The largest absolute Gasteiger partial charge is 0.467 e. The summed E-state index contributed by atoms with van der Waals surface area (Å²) in [6.07, 6.45) is 1.83. The second kappa shape index (κ2) is 8.10. The fourth-order valence-corrected chi connectivity index (χ4v) is 4.20. The van der Waals surface area contributed by atoms with E-state index >= 15 is 0 Å². The van der Waals surface area contributed by atoms with Gasteiger partial charge in [-0.25, -0.2) is 9.07 Å². The summed E-state index contributed by atoms with van der Waals surface area (Å²) in [5.41, 5.74) is 3.49. The number of aryl methyl sites for hydroxylation is 1. The first-order valence-electron chi connectivity index (χ1n) is 10.1. The van der Waals surface area contributed by atoms with Crippen molar-refractivity contribution in [2.75, 3.05) is 27.2 Å². The summed E-state index contributed by atoms with van der Waals surface area (Å²) in [4.78, 5) is 22.3. The topological polar surface area (TPSA) is 73.1 Å². The number of nitrogens with zero attached hydrogens (tertiary/aromatic N) is 5. The van der Waals surface area contributed by atoms with E-state index in [2.05, 4.69) is 15.1 Å². The van der Waals surface area contributed by atoms with Crippen molar-refractivity contribution < 1.29 is 13.9 Å². The average molecular weight is 411 g/mol. The van der Waals surface area contributed by atoms with Crippen LogP contribution in [0.5, 0.6) is 6.01 Å². The number of halogens is 1. The second-order valence-electron chi connectivity index (χ2n) is 8.08. The van der Waals surface area contributed by atoms with Crippen molar-refractivity contribution in [3.8, 4) is 11.8 Å². The van der Waals surface area contributed by atoms with Crippen molar-refractivity contribution in [2.45, 2.75) is 38.8 Å². The van der Waals surface area contributed by atoms with Crippen LogP contribution in [0, 0.1) is 6.92 Å². The van der Waals surface area contributed by atoms with Crippen LogP contribution in [-0.4, -0.2) is 63.9 Å². The molecule has 2 aromatic heterocycles. The van der Waals surface area contributed by atoms with Gasteiger partial charge in [0, 0.05) is 30.3 Å². The molecule has 0 N–H and O–H groups in total. The molecule has 158 valence electrons. The van der Waals surface area contributed by atoms with Gasteiger partial charge in [-0.05, 0) is 57.1 Å². The predicted molar refractivity (Wildman–Crippen MR) is 112 cm³/mol. The molecule has 2 atom stereocenters. The molecule has 7 nitrogen and oxygen atoms in total. The molecule has 0 radical (unpaired) electrons. The van der Waals surface area contributed by atoms with Gasteiger partial charge in [0.15, 0.2) is 5.82 Å². The molecule has 0 bridgehead atoms. The van der Waals surface area contributed by atoms with Crippen molar-refractivity contribution in [1.29, 1.82) is 0 Å². The van der Waals surface area contributed by atoms with E-state index in [0.717, 1.165) is 35.0 Å². The zero-order valence-electron chi connectivity index (χ0n) is 17.7. The lowest BCUT2D eigenvalue weighted by Crippen LogP contribution is -2.38. The lowest BCUT2D eigenvalue weighted by Gasteiger charge is -2.33.